The Bertz CT molecular complexity index is 785. The SMILES string of the molecule is O=C(CCc1cccc(Nc2ccccn2)c1)Cc1ccccc1. The lowest BCUT2D eigenvalue weighted by Gasteiger charge is -2.07. The monoisotopic (exact) mass is 316 g/mol. The number of hydrogen-bond acceptors (Lipinski definition) is 3. The van der Waals surface area contributed by atoms with Crippen LogP contribution >= 0.6 is 0 Å². The van der Waals surface area contributed by atoms with Gasteiger partial charge in [-0.2, -0.15) is 0 Å². The summed E-state index contributed by atoms with van der Waals surface area (Å²) in [6.07, 6.45) is 3.58. The van der Waals surface area contributed by atoms with Crippen molar-refractivity contribution in [1.29, 1.82) is 0 Å². The molecule has 120 valence electrons. The summed E-state index contributed by atoms with van der Waals surface area (Å²) in [5.41, 5.74) is 3.21. The Kier molecular flexibility index (Phi) is 5.36. The number of nitrogens with zero attached hydrogens (tertiary/aromatic N) is 1. The van der Waals surface area contributed by atoms with Gasteiger partial charge in [-0.3, -0.25) is 4.79 Å². The third-order valence-corrected chi connectivity index (χ3v) is 3.80. The molecule has 0 aliphatic heterocycles. The molecule has 0 unspecified atom stereocenters. The molecule has 24 heavy (non-hydrogen) atoms. The Morgan fingerprint density at radius 2 is 1.67 bits per heavy atom. The normalized spacial score (nSPS) is 10.3. The highest BCUT2D eigenvalue weighted by atomic mass is 16.1. The van der Waals surface area contributed by atoms with Gasteiger partial charge in [0.1, 0.15) is 11.6 Å². The first-order valence-electron chi connectivity index (χ1n) is 8.12. The van der Waals surface area contributed by atoms with Gasteiger partial charge in [0.05, 0.1) is 0 Å². The molecule has 0 spiro atoms. The number of aryl methyl sites for hydroxylation is 1. The first kappa shape index (κ1) is 15.9. The lowest BCUT2D eigenvalue weighted by atomic mass is 10.0. The molecule has 2 aromatic carbocycles. The van der Waals surface area contributed by atoms with Crippen LogP contribution in [0, 0.1) is 0 Å². The molecule has 3 rings (SSSR count). The number of hydrogen-bond donors (Lipinski definition) is 1. The molecule has 0 aliphatic carbocycles. The number of anilines is 2. The van der Waals surface area contributed by atoms with E-state index in [0.717, 1.165) is 29.1 Å². The maximum absolute atomic E-state index is 12.1. The molecule has 0 amide bonds. The number of pyridine rings is 1. The second-order valence-corrected chi connectivity index (χ2v) is 5.74. The average Bonchev–Trinajstić information content (AvgIpc) is 2.62. The van der Waals surface area contributed by atoms with Gasteiger partial charge >= 0.3 is 0 Å². The topological polar surface area (TPSA) is 42.0 Å². The first-order valence-corrected chi connectivity index (χ1v) is 8.12. The molecule has 0 fully saturated rings. The summed E-state index contributed by atoms with van der Waals surface area (Å²) in [7, 11) is 0. The van der Waals surface area contributed by atoms with Crippen LogP contribution in [0.4, 0.5) is 11.5 Å². The van der Waals surface area contributed by atoms with Crippen LogP contribution in [0.5, 0.6) is 0 Å². The Hall–Kier alpha value is -2.94. The summed E-state index contributed by atoms with van der Waals surface area (Å²) < 4.78 is 0. The van der Waals surface area contributed by atoms with Crippen molar-refractivity contribution in [2.24, 2.45) is 0 Å². The lowest BCUT2D eigenvalue weighted by Crippen LogP contribution is -2.04. The number of carbonyl (C=O) groups is 1. The molecule has 3 heteroatoms. The molecule has 0 saturated heterocycles. The molecule has 1 aromatic heterocycles. The van der Waals surface area contributed by atoms with Gasteiger partial charge in [0, 0.05) is 24.7 Å². The highest BCUT2D eigenvalue weighted by Crippen LogP contribution is 2.17. The third-order valence-electron chi connectivity index (χ3n) is 3.80. The van der Waals surface area contributed by atoms with Crippen LogP contribution in [-0.2, 0) is 17.6 Å². The van der Waals surface area contributed by atoms with Crippen LogP contribution in [0.25, 0.3) is 0 Å². The van der Waals surface area contributed by atoms with Crippen LogP contribution in [0.3, 0.4) is 0 Å². The van der Waals surface area contributed by atoms with Gasteiger partial charge in [0.2, 0.25) is 0 Å². The van der Waals surface area contributed by atoms with E-state index in [0.29, 0.717) is 12.8 Å². The van der Waals surface area contributed by atoms with Crippen molar-refractivity contribution in [1.82, 2.24) is 4.98 Å². The molecular weight excluding hydrogens is 296 g/mol. The van der Waals surface area contributed by atoms with E-state index >= 15 is 0 Å². The molecule has 3 aromatic rings. The second kappa shape index (κ2) is 8.06. The van der Waals surface area contributed by atoms with E-state index < -0.39 is 0 Å². The zero-order valence-corrected chi connectivity index (χ0v) is 13.5. The van der Waals surface area contributed by atoms with Crippen LogP contribution in [0.2, 0.25) is 0 Å². The van der Waals surface area contributed by atoms with Gasteiger partial charge in [0.15, 0.2) is 0 Å². The second-order valence-electron chi connectivity index (χ2n) is 5.74. The van der Waals surface area contributed by atoms with Crippen molar-refractivity contribution in [3.8, 4) is 0 Å². The molecule has 1 N–H and O–H groups in total. The number of rotatable bonds is 7. The molecule has 1 heterocycles. The number of benzene rings is 2. The summed E-state index contributed by atoms with van der Waals surface area (Å²) in [4.78, 5) is 16.4. The van der Waals surface area contributed by atoms with Gasteiger partial charge in [0.25, 0.3) is 0 Å². The fourth-order valence-corrected chi connectivity index (χ4v) is 2.58. The van der Waals surface area contributed by atoms with Gasteiger partial charge in [-0.15, -0.1) is 0 Å². The van der Waals surface area contributed by atoms with Crippen molar-refractivity contribution >= 4 is 17.3 Å². The number of aromatic nitrogens is 1. The minimum absolute atomic E-state index is 0.268. The quantitative estimate of drug-likeness (QED) is 0.694. The summed E-state index contributed by atoms with van der Waals surface area (Å²) in [6, 6.07) is 23.8. The molecule has 0 radical (unpaired) electrons. The maximum atomic E-state index is 12.1. The lowest BCUT2D eigenvalue weighted by molar-refractivity contribution is -0.118. The Morgan fingerprint density at radius 1 is 0.875 bits per heavy atom. The van der Waals surface area contributed by atoms with E-state index in [1.807, 2.05) is 60.7 Å². The maximum Gasteiger partial charge on any atom is 0.137 e. The third kappa shape index (κ3) is 4.78. The standard InChI is InChI=1S/C21H20N2O/c24-20(16-17-7-2-1-3-8-17)13-12-18-9-6-10-19(15-18)23-21-11-4-5-14-22-21/h1-11,14-15H,12-13,16H2,(H,22,23). The van der Waals surface area contributed by atoms with Crippen molar-refractivity contribution in [3.63, 3.8) is 0 Å². The molecule has 0 atom stereocenters. The summed E-state index contributed by atoms with van der Waals surface area (Å²) in [5.74, 6) is 1.08. The van der Waals surface area contributed by atoms with Crippen molar-refractivity contribution in [3.05, 3.63) is 90.1 Å². The van der Waals surface area contributed by atoms with Crippen LogP contribution in [-0.4, -0.2) is 10.8 Å². The van der Waals surface area contributed by atoms with Crippen molar-refractivity contribution < 1.29 is 4.79 Å². The van der Waals surface area contributed by atoms with Gasteiger partial charge in [-0.1, -0.05) is 48.5 Å². The van der Waals surface area contributed by atoms with Gasteiger partial charge < -0.3 is 5.32 Å². The summed E-state index contributed by atoms with van der Waals surface area (Å²) >= 11 is 0. The highest BCUT2D eigenvalue weighted by Gasteiger charge is 2.05. The first-order chi connectivity index (χ1) is 11.8. The predicted octanol–water partition coefficient (Wildman–Crippen LogP) is 4.57. The Balaban J connectivity index is 1.55. The molecule has 0 bridgehead atoms. The van der Waals surface area contributed by atoms with E-state index in [2.05, 4.69) is 22.4 Å². The van der Waals surface area contributed by atoms with Crippen molar-refractivity contribution in [2.45, 2.75) is 19.3 Å². The predicted molar refractivity (Wildman–Crippen MR) is 97.4 cm³/mol. The summed E-state index contributed by atoms with van der Waals surface area (Å²) in [5, 5.41) is 3.28. The number of nitrogens with one attached hydrogen (secondary N) is 1. The Labute approximate surface area is 142 Å². The number of ketones is 1. The van der Waals surface area contributed by atoms with Crippen molar-refractivity contribution in [2.75, 3.05) is 5.32 Å². The van der Waals surface area contributed by atoms with E-state index in [9.17, 15) is 4.79 Å². The minimum Gasteiger partial charge on any atom is -0.340 e. The zero-order valence-electron chi connectivity index (χ0n) is 13.5. The summed E-state index contributed by atoms with van der Waals surface area (Å²) in [6.45, 7) is 0. The van der Waals surface area contributed by atoms with E-state index in [4.69, 9.17) is 0 Å². The average molecular weight is 316 g/mol. The Morgan fingerprint density at radius 3 is 2.46 bits per heavy atom. The molecule has 3 nitrogen and oxygen atoms in total. The minimum atomic E-state index is 0.268. The van der Waals surface area contributed by atoms with E-state index in [1.165, 1.54) is 0 Å². The zero-order chi connectivity index (χ0) is 16.6. The highest BCUT2D eigenvalue weighted by molar-refractivity contribution is 5.81. The number of Topliss-reactive ketones (excluding diaryl/α,β-unsaturated/α-hetero) is 1. The smallest absolute Gasteiger partial charge is 0.137 e. The van der Waals surface area contributed by atoms with Crippen LogP contribution < -0.4 is 5.32 Å². The fraction of sp³-hybridized carbons (Fsp3) is 0.143. The fourth-order valence-electron chi connectivity index (χ4n) is 2.58. The number of carbonyl (C=O) groups excluding carboxylic acids is 1. The van der Waals surface area contributed by atoms with Crippen LogP contribution in [0.1, 0.15) is 17.5 Å². The van der Waals surface area contributed by atoms with E-state index in [1.54, 1.807) is 6.20 Å². The van der Waals surface area contributed by atoms with Gasteiger partial charge in [-0.25, -0.2) is 4.98 Å². The molecular formula is C21H20N2O. The van der Waals surface area contributed by atoms with Crippen LogP contribution in [0.15, 0.2) is 79.0 Å². The van der Waals surface area contributed by atoms with Gasteiger partial charge in [-0.05, 0) is 41.8 Å². The molecule has 0 aliphatic rings. The largest absolute Gasteiger partial charge is 0.340 e. The van der Waals surface area contributed by atoms with E-state index in [-0.39, 0.29) is 5.78 Å². The molecule has 0 saturated carbocycles.